The molecule has 1 aromatic heterocycles. The van der Waals surface area contributed by atoms with Gasteiger partial charge in [0.2, 0.25) is 0 Å². The van der Waals surface area contributed by atoms with E-state index in [1.807, 2.05) is 0 Å². The Kier molecular flexibility index (Phi) is 2.00. The van der Waals surface area contributed by atoms with Gasteiger partial charge in [0, 0.05) is 25.2 Å². The zero-order chi connectivity index (χ0) is 10.3. The molecule has 0 radical (unpaired) electrons. The van der Waals surface area contributed by atoms with E-state index in [1.165, 1.54) is 0 Å². The van der Waals surface area contributed by atoms with Crippen molar-refractivity contribution in [3.8, 4) is 0 Å². The first-order chi connectivity index (χ1) is 6.65. The van der Waals surface area contributed by atoms with Crippen molar-refractivity contribution >= 4 is 10.9 Å². The molecule has 2 aromatic rings. The Hall–Kier alpha value is -1.42. The number of nitrogens with zero attached hydrogens (tertiary/aromatic N) is 1. The van der Waals surface area contributed by atoms with Crippen molar-refractivity contribution in [3.05, 3.63) is 35.5 Å². The minimum atomic E-state index is -0.428. The zero-order valence-corrected chi connectivity index (χ0v) is 7.72. The lowest BCUT2D eigenvalue weighted by Crippen LogP contribution is -1.95. The minimum absolute atomic E-state index is 0.206. The van der Waals surface area contributed by atoms with Gasteiger partial charge in [0.05, 0.1) is 5.52 Å². The molecule has 0 fully saturated rings. The van der Waals surface area contributed by atoms with Gasteiger partial charge in [-0.1, -0.05) is 0 Å². The van der Waals surface area contributed by atoms with E-state index in [0.29, 0.717) is 5.56 Å². The maximum atomic E-state index is 13.4. The van der Waals surface area contributed by atoms with E-state index in [-0.39, 0.29) is 17.4 Å². The number of benzene rings is 1. The average molecular weight is 196 g/mol. The third kappa shape index (κ3) is 1.11. The third-order valence-corrected chi connectivity index (χ3v) is 2.32. The number of halogens is 2. The first-order valence-corrected chi connectivity index (χ1v) is 4.27. The summed E-state index contributed by atoms with van der Waals surface area (Å²) in [4.78, 5) is 0. The van der Waals surface area contributed by atoms with Crippen molar-refractivity contribution in [2.75, 3.05) is 0 Å². The zero-order valence-electron chi connectivity index (χ0n) is 7.72. The van der Waals surface area contributed by atoms with Gasteiger partial charge in [-0.15, -0.1) is 0 Å². The van der Waals surface area contributed by atoms with Crippen LogP contribution in [0.25, 0.3) is 10.9 Å². The standard InChI is InChI=1S/C10H10F2N2/c1-14-5-6(4-13)9-7(11)2-3-8(12)10(9)14/h2-3,5H,4,13H2,1H3. The van der Waals surface area contributed by atoms with Crippen LogP contribution in [0.1, 0.15) is 5.56 Å². The number of nitrogens with two attached hydrogens (primary N) is 1. The highest BCUT2D eigenvalue weighted by atomic mass is 19.1. The van der Waals surface area contributed by atoms with Crippen LogP contribution in [0.15, 0.2) is 18.3 Å². The van der Waals surface area contributed by atoms with Crippen molar-refractivity contribution in [2.24, 2.45) is 12.8 Å². The second-order valence-electron chi connectivity index (χ2n) is 3.22. The number of hydrogen-bond donors (Lipinski definition) is 1. The fourth-order valence-corrected chi connectivity index (χ4v) is 1.71. The highest BCUT2D eigenvalue weighted by Crippen LogP contribution is 2.25. The molecule has 2 N–H and O–H groups in total. The maximum absolute atomic E-state index is 13.4. The van der Waals surface area contributed by atoms with Crippen molar-refractivity contribution in [3.63, 3.8) is 0 Å². The summed E-state index contributed by atoms with van der Waals surface area (Å²) in [5.74, 6) is -0.856. The summed E-state index contributed by atoms with van der Waals surface area (Å²) in [7, 11) is 1.67. The van der Waals surface area contributed by atoms with Gasteiger partial charge in [-0.3, -0.25) is 0 Å². The highest BCUT2D eigenvalue weighted by molar-refractivity contribution is 5.85. The predicted octanol–water partition coefficient (Wildman–Crippen LogP) is 1.92. The molecule has 0 spiro atoms. The van der Waals surface area contributed by atoms with E-state index in [1.54, 1.807) is 17.8 Å². The van der Waals surface area contributed by atoms with Gasteiger partial charge in [-0.05, 0) is 17.7 Å². The van der Waals surface area contributed by atoms with Crippen molar-refractivity contribution in [2.45, 2.75) is 6.54 Å². The minimum Gasteiger partial charge on any atom is -0.348 e. The van der Waals surface area contributed by atoms with Gasteiger partial charge in [0.1, 0.15) is 11.6 Å². The van der Waals surface area contributed by atoms with Crippen LogP contribution in [0.4, 0.5) is 8.78 Å². The Balaban J connectivity index is 2.94. The second kappa shape index (κ2) is 3.06. The molecule has 1 heterocycles. The molecule has 1 aromatic carbocycles. The lowest BCUT2D eigenvalue weighted by molar-refractivity contribution is 0.612. The number of aromatic nitrogens is 1. The molecule has 2 nitrogen and oxygen atoms in total. The molecule has 0 unspecified atom stereocenters. The summed E-state index contributed by atoms with van der Waals surface area (Å²) < 4.78 is 28.3. The van der Waals surface area contributed by atoms with Crippen LogP contribution < -0.4 is 5.73 Å². The van der Waals surface area contributed by atoms with E-state index in [0.717, 1.165) is 12.1 Å². The van der Waals surface area contributed by atoms with Crippen LogP contribution in [-0.4, -0.2) is 4.57 Å². The molecule has 0 aliphatic rings. The molecule has 4 heteroatoms. The largest absolute Gasteiger partial charge is 0.348 e. The van der Waals surface area contributed by atoms with Gasteiger partial charge in [-0.25, -0.2) is 8.78 Å². The lowest BCUT2D eigenvalue weighted by Gasteiger charge is -1.99. The average Bonchev–Trinajstić information content (AvgIpc) is 2.50. The fraction of sp³-hybridized carbons (Fsp3) is 0.200. The molecule has 74 valence electrons. The Bertz CT molecular complexity index is 488. The van der Waals surface area contributed by atoms with Crippen LogP contribution >= 0.6 is 0 Å². The molecule has 0 amide bonds. The normalized spacial score (nSPS) is 11.1. The Morgan fingerprint density at radius 1 is 1.29 bits per heavy atom. The summed E-state index contributed by atoms with van der Waals surface area (Å²) in [5.41, 5.74) is 6.34. The summed E-state index contributed by atoms with van der Waals surface area (Å²) in [6.07, 6.45) is 1.65. The molecule has 0 bridgehead atoms. The maximum Gasteiger partial charge on any atom is 0.147 e. The lowest BCUT2D eigenvalue weighted by atomic mass is 10.1. The second-order valence-corrected chi connectivity index (χ2v) is 3.22. The quantitative estimate of drug-likeness (QED) is 0.742. The molecule has 0 aliphatic carbocycles. The first-order valence-electron chi connectivity index (χ1n) is 4.27. The molecule has 0 aliphatic heterocycles. The van der Waals surface area contributed by atoms with Crippen molar-refractivity contribution in [1.82, 2.24) is 4.57 Å². The first kappa shape index (κ1) is 9.15. The fourth-order valence-electron chi connectivity index (χ4n) is 1.71. The van der Waals surface area contributed by atoms with Gasteiger partial charge < -0.3 is 10.3 Å². The molecule has 2 rings (SSSR count). The smallest absolute Gasteiger partial charge is 0.147 e. The van der Waals surface area contributed by atoms with Crippen LogP contribution in [0.5, 0.6) is 0 Å². The van der Waals surface area contributed by atoms with Crippen LogP contribution in [0.3, 0.4) is 0 Å². The molecular formula is C10H10F2N2. The SMILES string of the molecule is Cn1cc(CN)c2c(F)ccc(F)c21. The van der Waals surface area contributed by atoms with Gasteiger partial charge >= 0.3 is 0 Å². The van der Waals surface area contributed by atoms with Crippen LogP contribution in [-0.2, 0) is 13.6 Å². The highest BCUT2D eigenvalue weighted by Gasteiger charge is 2.13. The number of aryl methyl sites for hydroxylation is 1. The molecule has 0 saturated heterocycles. The molecule has 0 atom stereocenters. The number of rotatable bonds is 1. The summed E-state index contributed by atoms with van der Waals surface area (Å²) >= 11 is 0. The Labute approximate surface area is 79.9 Å². The van der Waals surface area contributed by atoms with E-state index in [4.69, 9.17) is 5.73 Å². The summed E-state index contributed by atoms with van der Waals surface area (Å²) in [6.45, 7) is 0.206. The summed E-state index contributed by atoms with van der Waals surface area (Å²) in [6, 6.07) is 2.24. The molecular weight excluding hydrogens is 186 g/mol. The van der Waals surface area contributed by atoms with E-state index in [9.17, 15) is 8.78 Å². The summed E-state index contributed by atoms with van der Waals surface area (Å²) in [5, 5.41) is 0.287. The van der Waals surface area contributed by atoms with Crippen molar-refractivity contribution < 1.29 is 8.78 Å². The van der Waals surface area contributed by atoms with Crippen molar-refractivity contribution in [1.29, 1.82) is 0 Å². The molecule has 14 heavy (non-hydrogen) atoms. The van der Waals surface area contributed by atoms with Gasteiger partial charge in [-0.2, -0.15) is 0 Å². The third-order valence-electron chi connectivity index (χ3n) is 2.32. The van der Waals surface area contributed by atoms with E-state index >= 15 is 0 Å². The van der Waals surface area contributed by atoms with E-state index < -0.39 is 11.6 Å². The topological polar surface area (TPSA) is 30.9 Å². The van der Waals surface area contributed by atoms with Gasteiger partial charge in [0.15, 0.2) is 0 Å². The number of fused-ring (bicyclic) bond motifs is 1. The van der Waals surface area contributed by atoms with Crippen LogP contribution in [0.2, 0.25) is 0 Å². The van der Waals surface area contributed by atoms with Gasteiger partial charge in [0.25, 0.3) is 0 Å². The monoisotopic (exact) mass is 196 g/mol. The van der Waals surface area contributed by atoms with Crippen LogP contribution in [0, 0.1) is 11.6 Å². The Morgan fingerprint density at radius 2 is 1.93 bits per heavy atom. The van der Waals surface area contributed by atoms with E-state index in [2.05, 4.69) is 0 Å². The predicted molar refractivity (Wildman–Crippen MR) is 50.7 cm³/mol. The molecule has 0 saturated carbocycles. The Morgan fingerprint density at radius 3 is 2.57 bits per heavy atom. The number of hydrogen-bond acceptors (Lipinski definition) is 1.